The van der Waals surface area contributed by atoms with Crippen LogP contribution in [-0.4, -0.2) is 32.0 Å². The summed E-state index contributed by atoms with van der Waals surface area (Å²) < 4.78 is 27.5. The van der Waals surface area contributed by atoms with E-state index in [-0.39, 0.29) is 15.9 Å². The van der Waals surface area contributed by atoms with E-state index in [1.54, 1.807) is 12.1 Å². The van der Waals surface area contributed by atoms with Gasteiger partial charge in [-0.3, -0.25) is 15.6 Å². The molecule has 9 heteroatoms. The van der Waals surface area contributed by atoms with Crippen molar-refractivity contribution in [3.05, 3.63) is 29.8 Å². The average molecular weight is 387 g/mol. The predicted octanol–water partition coefficient (Wildman–Crippen LogP) is 1.20. The van der Waals surface area contributed by atoms with Crippen LogP contribution in [0.5, 0.6) is 0 Å². The van der Waals surface area contributed by atoms with Gasteiger partial charge in [-0.05, 0) is 50.5 Å². The summed E-state index contributed by atoms with van der Waals surface area (Å²) in [6.45, 7) is 8.18. The standard InChI is InChI=1S/C16H26N4O3S2/c1-5-17-16(24)19-18-15(21)14(10-11(2)3)20-25(22,23)13-8-6-12(4)7-9-13/h6-9,11,14,20H,5,10H2,1-4H3,(H,18,21)(H2,17,19,24)/t14-/m1/s1. The van der Waals surface area contributed by atoms with E-state index < -0.39 is 22.0 Å². The van der Waals surface area contributed by atoms with Gasteiger partial charge < -0.3 is 5.32 Å². The Morgan fingerprint density at radius 1 is 1.16 bits per heavy atom. The largest absolute Gasteiger partial charge is 0.362 e. The fourth-order valence-electron chi connectivity index (χ4n) is 2.06. The van der Waals surface area contributed by atoms with Crippen molar-refractivity contribution in [1.29, 1.82) is 0 Å². The van der Waals surface area contributed by atoms with Gasteiger partial charge in [-0.25, -0.2) is 8.42 Å². The summed E-state index contributed by atoms with van der Waals surface area (Å²) in [6, 6.07) is 5.54. The van der Waals surface area contributed by atoms with Gasteiger partial charge in [0.25, 0.3) is 5.91 Å². The number of carbonyl (C=O) groups is 1. The molecule has 1 amide bonds. The Morgan fingerprint density at radius 3 is 2.28 bits per heavy atom. The van der Waals surface area contributed by atoms with Crippen LogP contribution in [0.25, 0.3) is 0 Å². The van der Waals surface area contributed by atoms with Crippen molar-refractivity contribution in [1.82, 2.24) is 20.9 Å². The summed E-state index contributed by atoms with van der Waals surface area (Å²) in [5.41, 5.74) is 5.95. The lowest BCUT2D eigenvalue weighted by Crippen LogP contribution is -2.54. The third-order valence-electron chi connectivity index (χ3n) is 3.29. The molecule has 0 aromatic heterocycles. The molecule has 0 bridgehead atoms. The van der Waals surface area contributed by atoms with Crippen LogP contribution in [0.3, 0.4) is 0 Å². The van der Waals surface area contributed by atoms with Crippen molar-refractivity contribution in [3.8, 4) is 0 Å². The summed E-state index contributed by atoms with van der Waals surface area (Å²) in [6.07, 6.45) is 0.354. The van der Waals surface area contributed by atoms with Gasteiger partial charge in [-0.1, -0.05) is 31.5 Å². The van der Waals surface area contributed by atoms with E-state index in [4.69, 9.17) is 12.2 Å². The minimum absolute atomic E-state index is 0.121. The van der Waals surface area contributed by atoms with E-state index in [1.807, 2.05) is 27.7 Å². The number of rotatable bonds is 7. The Kier molecular flexibility index (Phi) is 8.27. The van der Waals surface area contributed by atoms with Gasteiger partial charge in [0.1, 0.15) is 6.04 Å². The number of benzene rings is 1. The van der Waals surface area contributed by atoms with Crippen molar-refractivity contribution in [3.63, 3.8) is 0 Å². The van der Waals surface area contributed by atoms with E-state index in [2.05, 4.69) is 20.9 Å². The molecule has 0 aliphatic carbocycles. The fraction of sp³-hybridized carbons (Fsp3) is 0.500. The molecule has 0 unspecified atom stereocenters. The second-order valence-electron chi connectivity index (χ2n) is 6.09. The number of sulfonamides is 1. The predicted molar refractivity (Wildman–Crippen MR) is 102 cm³/mol. The van der Waals surface area contributed by atoms with Crippen molar-refractivity contribution in [2.45, 2.75) is 45.1 Å². The monoisotopic (exact) mass is 386 g/mol. The van der Waals surface area contributed by atoms with Crippen LogP contribution in [-0.2, 0) is 14.8 Å². The Balaban J connectivity index is 2.85. The van der Waals surface area contributed by atoms with Crippen LogP contribution in [0.4, 0.5) is 0 Å². The summed E-state index contributed by atoms with van der Waals surface area (Å²) in [5.74, 6) is -0.373. The maximum atomic E-state index is 12.5. The van der Waals surface area contributed by atoms with Gasteiger partial charge in [0.05, 0.1) is 4.90 Å². The number of thiocarbonyl (C=S) groups is 1. The Labute approximate surface area is 155 Å². The molecule has 0 aliphatic rings. The first-order chi connectivity index (χ1) is 11.7. The summed E-state index contributed by atoms with van der Waals surface area (Å²) in [4.78, 5) is 12.5. The number of hydrogen-bond donors (Lipinski definition) is 4. The van der Waals surface area contributed by atoms with Crippen LogP contribution >= 0.6 is 12.2 Å². The minimum atomic E-state index is -3.80. The highest BCUT2D eigenvalue weighted by Crippen LogP contribution is 2.13. The first-order valence-electron chi connectivity index (χ1n) is 8.08. The van der Waals surface area contributed by atoms with E-state index in [0.717, 1.165) is 5.56 Å². The smallest absolute Gasteiger partial charge is 0.256 e. The molecule has 140 valence electrons. The maximum absolute atomic E-state index is 12.5. The van der Waals surface area contributed by atoms with Gasteiger partial charge in [0, 0.05) is 6.54 Å². The van der Waals surface area contributed by atoms with E-state index >= 15 is 0 Å². The summed E-state index contributed by atoms with van der Waals surface area (Å²) >= 11 is 4.97. The van der Waals surface area contributed by atoms with Crippen molar-refractivity contribution in [2.24, 2.45) is 5.92 Å². The topological polar surface area (TPSA) is 99.3 Å². The highest BCUT2D eigenvalue weighted by atomic mass is 32.2. The van der Waals surface area contributed by atoms with Crippen LogP contribution in [0.1, 0.15) is 32.8 Å². The second kappa shape index (κ2) is 9.69. The van der Waals surface area contributed by atoms with Crippen molar-refractivity contribution in [2.75, 3.05) is 6.54 Å². The first-order valence-corrected chi connectivity index (χ1v) is 9.97. The molecule has 7 nitrogen and oxygen atoms in total. The number of nitrogens with one attached hydrogen (secondary N) is 4. The molecule has 1 aromatic carbocycles. The van der Waals surface area contributed by atoms with Crippen LogP contribution in [0.2, 0.25) is 0 Å². The number of aryl methyl sites for hydroxylation is 1. The molecule has 1 rings (SSSR count). The number of hydrazine groups is 1. The molecular weight excluding hydrogens is 360 g/mol. The van der Waals surface area contributed by atoms with Crippen LogP contribution in [0, 0.1) is 12.8 Å². The van der Waals surface area contributed by atoms with Crippen LogP contribution < -0.4 is 20.9 Å². The fourth-order valence-corrected chi connectivity index (χ4v) is 3.47. The maximum Gasteiger partial charge on any atom is 0.256 e. The lowest BCUT2D eigenvalue weighted by Gasteiger charge is -2.21. The molecule has 0 saturated carbocycles. The third kappa shape index (κ3) is 7.37. The van der Waals surface area contributed by atoms with Gasteiger partial charge in [-0.15, -0.1) is 0 Å². The van der Waals surface area contributed by atoms with Gasteiger partial charge >= 0.3 is 0 Å². The zero-order chi connectivity index (χ0) is 19.0. The molecule has 0 spiro atoms. The van der Waals surface area contributed by atoms with E-state index in [0.29, 0.717) is 13.0 Å². The zero-order valence-electron chi connectivity index (χ0n) is 14.9. The van der Waals surface area contributed by atoms with Crippen molar-refractivity contribution < 1.29 is 13.2 Å². The lowest BCUT2D eigenvalue weighted by atomic mass is 10.0. The van der Waals surface area contributed by atoms with E-state index in [1.165, 1.54) is 12.1 Å². The molecular formula is C16H26N4O3S2. The molecule has 1 atom stereocenters. The Hall–Kier alpha value is -1.71. The average Bonchev–Trinajstić information content (AvgIpc) is 2.52. The Morgan fingerprint density at radius 2 is 1.76 bits per heavy atom. The summed E-state index contributed by atoms with van der Waals surface area (Å²) in [7, 11) is -3.80. The highest BCUT2D eigenvalue weighted by molar-refractivity contribution is 7.89. The molecule has 1 aromatic rings. The SMILES string of the molecule is CCNC(=S)NNC(=O)[C@@H](CC(C)C)NS(=O)(=O)c1ccc(C)cc1. The van der Waals surface area contributed by atoms with Crippen LogP contribution in [0.15, 0.2) is 29.2 Å². The minimum Gasteiger partial charge on any atom is -0.362 e. The first kappa shape index (κ1) is 21.3. The summed E-state index contributed by atoms with van der Waals surface area (Å²) in [5, 5.41) is 3.09. The number of hydrogen-bond acceptors (Lipinski definition) is 4. The molecule has 0 saturated heterocycles. The highest BCUT2D eigenvalue weighted by Gasteiger charge is 2.26. The second-order valence-corrected chi connectivity index (χ2v) is 8.21. The normalized spacial score (nSPS) is 12.5. The quantitative estimate of drug-likeness (QED) is 0.415. The number of amides is 1. The van der Waals surface area contributed by atoms with Crippen molar-refractivity contribution >= 4 is 33.3 Å². The van der Waals surface area contributed by atoms with Gasteiger partial charge in [-0.2, -0.15) is 4.72 Å². The molecule has 25 heavy (non-hydrogen) atoms. The molecule has 0 radical (unpaired) electrons. The molecule has 4 N–H and O–H groups in total. The van der Waals surface area contributed by atoms with Gasteiger partial charge in [0.2, 0.25) is 10.0 Å². The zero-order valence-corrected chi connectivity index (χ0v) is 16.6. The molecule has 0 heterocycles. The third-order valence-corrected chi connectivity index (χ3v) is 5.02. The van der Waals surface area contributed by atoms with Gasteiger partial charge in [0.15, 0.2) is 5.11 Å². The molecule has 0 fully saturated rings. The Bertz CT molecular complexity index is 688. The lowest BCUT2D eigenvalue weighted by molar-refractivity contribution is -0.123. The number of carbonyl (C=O) groups excluding carboxylic acids is 1. The molecule has 0 aliphatic heterocycles. The van der Waals surface area contributed by atoms with E-state index in [9.17, 15) is 13.2 Å².